The summed E-state index contributed by atoms with van der Waals surface area (Å²) in [6, 6.07) is 4.67. The van der Waals surface area contributed by atoms with E-state index in [0.29, 0.717) is 11.5 Å². The van der Waals surface area contributed by atoms with Crippen molar-refractivity contribution in [2.24, 2.45) is 0 Å². The minimum atomic E-state index is -0.701. The molecule has 0 atom stereocenters. The number of nitrogens with zero attached hydrogens (tertiary/aromatic N) is 2. The van der Waals surface area contributed by atoms with Crippen LogP contribution in [0.5, 0.6) is 0 Å². The number of aromatic nitrogens is 2. The molecular formula is C12H9ClF2N2O. The zero-order valence-corrected chi connectivity index (χ0v) is 10.2. The Balaban J connectivity index is 2.49. The molecule has 0 N–H and O–H groups in total. The molecule has 0 saturated carbocycles. The molecule has 0 spiro atoms. The third-order valence-electron chi connectivity index (χ3n) is 2.22. The van der Waals surface area contributed by atoms with Gasteiger partial charge < -0.3 is 4.74 Å². The van der Waals surface area contributed by atoms with Gasteiger partial charge in [0.2, 0.25) is 0 Å². The van der Waals surface area contributed by atoms with E-state index in [9.17, 15) is 8.78 Å². The average Bonchev–Trinajstić information content (AvgIpc) is 2.28. The van der Waals surface area contributed by atoms with Gasteiger partial charge in [-0.05, 0) is 12.1 Å². The van der Waals surface area contributed by atoms with Gasteiger partial charge in [0.1, 0.15) is 23.4 Å². The molecule has 0 aliphatic carbocycles. The van der Waals surface area contributed by atoms with Crippen molar-refractivity contribution in [1.29, 1.82) is 0 Å². The standard InChI is InChI=1S/C12H9ClF2N2O/c1-18-6-12-16-10(5-11(13)17-12)8-3-2-7(14)4-9(8)15/h2-5H,6H2,1H3. The third kappa shape index (κ3) is 2.80. The van der Waals surface area contributed by atoms with Crippen molar-refractivity contribution in [3.8, 4) is 11.3 Å². The van der Waals surface area contributed by atoms with Gasteiger partial charge in [0.25, 0.3) is 0 Å². The van der Waals surface area contributed by atoms with E-state index in [1.165, 1.54) is 19.2 Å². The fourth-order valence-electron chi connectivity index (χ4n) is 1.49. The number of methoxy groups -OCH3 is 1. The molecule has 0 aliphatic rings. The van der Waals surface area contributed by atoms with Crippen molar-refractivity contribution in [2.75, 3.05) is 7.11 Å². The predicted octanol–water partition coefficient (Wildman–Crippen LogP) is 3.22. The average molecular weight is 271 g/mol. The van der Waals surface area contributed by atoms with Crippen LogP contribution in [-0.2, 0) is 11.3 Å². The van der Waals surface area contributed by atoms with E-state index in [1.54, 1.807) is 0 Å². The minimum absolute atomic E-state index is 0.163. The fourth-order valence-corrected chi connectivity index (χ4v) is 1.69. The number of hydrogen-bond acceptors (Lipinski definition) is 3. The Kier molecular flexibility index (Phi) is 3.84. The number of halogens is 3. The zero-order chi connectivity index (χ0) is 13.1. The number of benzene rings is 1. The van der Waals surface area contributed by atoms with E-state index in [-0.39, 0.29) is 17.3 Å². The Bertz CT molecular complexity index is 578. The van der Waals surface area contributed by atoms with Gasteiger partial charge in [-0.2, -0.15) is 0 Å². The lowest BCUT2D eigenvalue weighted by Crippen LogP contribution is -2.00. The highest BCUT2D eigenvalue weighted by Crippen LogP contribution is 2.23. The molecule has 0 fully saturated rings. The summed E-state index contributed by atoms with van der Waals surface area (Å²) in [6.07, 6.45) is 0. The maximum absolute atomic E-state index is 13.6. The lowest BCUT2D eigenvalue weighted by atomic mass is 10.1. The van der Waals surface area contributed by atoms with E-state index < -0.39 is 11.6 Å². The molecule has 0 saturated heterocycles. The van der Waals surface area contributed by atoms with E-state index >= 15 is 0 Å². The molecule has 1 aromatic carbocycles. The predicted molar refractivity (Wildman–Crippen MR) is 63.1 cm³/mol. The first-order valence-electron chi connectivity index (χ1n) is 5.08. The molecule has 6 heteroatoms. The lowest BCUT2D eigenvalue weighted by molar-refractivity contribution is 0.178. The van der Waals surface area contributed by atoms with Crippen molar-refractivity contribution < 1.29 is 13.5 Å². The summed E-state index contributed by atoms with van der Waals surface area (Å²) in [5.74, 6) is -1.01. The Morgan fingerprint density at radius 2 is 2.00 bits per heavy atom. The second-order valence-electron chi connectivity index (χ2n) is 3.55. The van der Waals surface area contributed by atoms with Crippen molar-refractivity contribution >= 4 is 11.6 Å². The summed E-state index contributed by atoms with van der Waals surface area (Å²) in [7, 11) is 1.49. The van der Waals surface area contributed by atoms with Crippen molar-refractivity contribution in [1.82, 2.24) is 9.97 Å². The molecule has 94 valence electrons. The van der Waals surface area contributed by atoms with E-state index in [0.717, 1.165) is 12.1 Å². The number of rotatable bonds is 3. The molecule has 0 amide bonds. The molecule has 1 aromatic heterocycles. The van der Waals surface area contributed by atoms with Crippen LogP contribution in [0.15, 0.2) is 24.3 Å². The van der Waals surface area contributed by atoms with E-state index in [1.807, 2.05) is 0 Å². The Morgan fingerprint density at radius 1 is 1.22 bits per heavy atom. The molecule has 0 unspecified atom stereocenters. The quantitative estimate of drug-likeness (QED) is 0.803. The summed E-state index contributed by atoms with van der Waals surface area (Å²) in [5.41, 5.74) is 0.456. The van der Waals surface area contributed by atoms with Crippen LogP contribution in [0.25, 0.3) is 11.3 Å². The maximum Gasteiger partial charge on any atom is 0.156 e. The molecule has 1 heterocycles. The summed E-state index contributed by atoms with van der Waals surface area (Å²) < 4.78 is 31.3. The Morgan fingerprint density at radius 3 is 2.67 bits per heavy atom. The Labute approximate surface area is 107 Å². The van der Waals surface area contributed by atoms with Crippen LogP contribution in [0.3, 0.4) is 0 Å². The van der Waals surface area contributed by atoms with Crippen molar-refractivity contribution in [3.63, 3.8) is 0 Å². The van der Waals surface area contributed by atoms with Gasteiger partial charge in [-0.15, -0.1) is 0 Å². The van der Waals surface area contributed by atoms with E-state index in [2.05, 4.69) is 9.97 Å². The highest BCUT2D eigenvalue weighted by Gasteiger charge is 2.10. The minimum Gasteiger partial charge on any atom is -0.377 e. The normalized spacial score (nSPS) is 10.7. The van der Waals surface area contributed by atoms with Crippen molar-refractivity contribution in [2.45, 2.75) is 6.61 Å². The fraction of sp³-hybridized carbons (Fsp3) is 0.167. The van der Waals surface area contributed by atoms with Gasteiger partial charge in [0, 0.05) is 24.8 Å². The summed E-state index contributed by atoms with van der Waals surface area (Å²) in [5, 5.41) is 0.177. The largest absolute Gasteiger partial charge is 0.377 e. The smallest absolute Gasteiger partial charge is 0.156 e. The molecule has 18 heavy (non-hydrogen) atoms. The van der Waals surface area contributed by atoms with Crippen LogP contribution in [0.2, 0.25) is 5.15 Å². The summed E-state index contributed by atoms with van der Waals surface area (Å²) in [4.78, 5) is 8.03. The summed E-state index contributed by atoms with van der Waals surface area (Å²) >= 11 is 5.82. The van der Waals surface area contributed by atoms with Gasteiger partial charge in [-0.1, -0.05) is 11.6 Å². The number of hydrogen-bond donors (Lipinski definition) is 0. The number of ether oxygens (including phenoxy) is 1. The van der Waals surface area contributed by atoms with Crippen LogP contribution in [0.4, 0.5) is 8.78 Å². The van der Waals surface area contributed by atoms with Gasteiger partial charge in [0.05, 0.1) is 5.69 Å². The van der Waals surface area contributed by atoms with E-state index in [4.69, 9.17) is 16.3 Å². The zero-order valence-electron chi connectivity index (χ0n) is 9.45. The van der Waals surface area contributed by atoms with Crippen LogP contribution < -0.4 is 0 Å². The maximum atomic E-state index is 13.6. The highest BCUT2D eigenvalue weighted by atomic mass is 35.5. The van der Waals surface area contributed by atoms with Gasteiger partial charge in [0.15, 0.2) is 5.82 Å². The summed E-state index contributed by atoms with van der Waals surface area (Å²) in [6.45, 7) is 0.163. The molecule has 3 nitrogen and oxygen atoms in total. The second kappa shape index (κ2) is 5.37. The monoisotopic (exact) mass is 270 g/mol. The lowest BCUT2D eigenvalue weighted by Gasteiger charge is -2.06. The van der Waals surface area contributed by atoms with Gasteiger partial charge in [-0.25, -0.2) is 18.7 Å². The third-order valence-corrected chi connectivity index (χ3v) is 2.42. The van der Waals surface area contributed by atoms with Gasteiger partial charge in [-0.3, -0.25) is 0 Å². The SMILES string of the molecule is COCc1nc(Cl)cc(-c2ccc(F)cc2F)n1. The molecule has 0 aliphatic heterocycles. The van der Waals surface area contributed by atoms with Crippen LogP contribution in [0, 0.1) is 11.6 Å². The first kappa shape index (κ1) is 12.9. The first-order chi connectivity index (χ1) is 8.60. The molecular weight excluding hydrogens is 262 g/mol. The molecule has 0 bridgehead atoms. The van der Waals surface area contributed by atoms with Crippen molar-refractivity contribution in [3.05, 3.63) is 46.9 Å². The highest BCUT2D eigenvalue weighted by molar-refractivity contribution is 6.29. The Hall–Kier alpha value is -1.59. The molecule has 2 rings (SSSR count). The van der Waals surface area contributed by atoms with Crippen LogP contribution >= 0.6 is 11.6 Å². The van der Waals surface area contributed by atoms with Crippen LogP contribution in [-0.4, -0.2) is 17.1 Å². The topological polar surface area (TPSA) is 35.0 Å². The van der Waals surface area contributed by atoms with Gasteiger partial charge >= 0.3 is 0 Å². The molecule has 0 radical (unpaired) electrons. The second-order valence-corrected chi connectivity index (χ2v) is 3.94. The molecule has 2 aromatic rings. The van der Waals surface area contributed by atoms with Crippen LogP contribution in [0.1, 0.15) is 5.82 Å². The first-order valence-corrected chi connectivity index (χ1v) is 5.46.